The minimum absolute atomic E-state index is 0.00962. The van der Waals surface area contributed by atoms with Crippen molar-refractivity contribution in [3.05, 3.63) is 45.0 Å². The van der Waals surface area contributed by atoms with E-state index in [2.05, 4.69) is 24.5 Å². The fourth-order valence-corrected chi connectivity index (χ4v) is 2.99. The van der Waals surface area contributed by atoms with Gasteiger partial charge in [-0.1, -0.05) is 6.92 Å². The molecule has 0 spiro atoms. The zero-order chi connectivity index (χ0) is 12.3. The van der Waals surface area contributed by atoms with Gasteiger partial charge < -0.3 is 4.42 Å². The van der Waals surface area contributed by atoms with Gasteiger partial charge in [-0.05, 0) is 36.2 Å². The van der Waals surface area contributed by atoms with E-state index >= 15 is 0 Å². The van der Waals surface area contributed by atoms with Crippen molar-refractivity contribution in [1.82, 2.24) is 5.43 Å². The van der Waals surface area contributed by atoms with Crippen LogP contribution in [-0.2, 0) is 12.8 Å². The van der Waals surface area contributed by atoms with Crippen molar-refractivity contribution in [2.45, 2.75) is 25.8 Å². The normalized spacial score (nSPS) is 12.9. The van der Waals surface area contributed by atoms with Crippen molar-refractivity contribution < 1.29 is 4.42 Å². The molecule has 2 rings (SSSR count). The number of hydrogen-bond acceptors (Lipinski definition) is 4. The number of hydrogen-bond donors (Lipinski definition) is 2. The Balaban J connectivity index is 2.12. The quantitative estimate of drug-likeness (QED) is 0.647. The zero-order valence-electron chi connectivity index (χ0n) is 9.57. The third-order valence-corrected chi connectivity index (χ3v) is 4.25. The van der Waals surface area contributed by atoms with Gasteiger partial charge in [-0.3, -0.25) is 11.3 Å². The number of aryl methyl sites for hydroxylation is 1. The first kappa shape index (κ1) is 12.6. The molecule has 0 aliphatic heterocycles. The molecule has 0 fully saturated rings. The van der Waals surface area contributed by atoms with Crippen LogP contribution in [0.3, 0.4) is 0 Å². The molecule has 2 aromatic rings. The molecule has 0 saturated heterocycles. The van der Waals surface area contributed by atoms with E-state index in [-0.39, 0.29) is 6.04 Å². The SMILES string of the molecule is CCc1ccc(CC(NN)c2ccoc2Cl)s1. The summed E-state index contributed by atoms with van der Waals surface area (Å²) in [5.41, 5.74) is 3.69. The fraction of sp³-hybridized carbons (Fsp3) is 0.333. The Kier molecular flexibility index (Phi) is 4.23. The average Bonchev–Trinajstić information content (AvgIpc) is 2.95. The van der Waals surface area contributed by atoms with Crippen molar-refractivity contribution >= 4 is 22.9 Å². The topological polar surface area (TPSA) is 51.2 Å². The zero-order valence-corrected chi connectivity index (χ0v) is 11.1. The van der Waals surface area contributed by atoms with Gasteiger partial charge in [0.05, 0.1) is 12.3 Å². The van der Waals surface area contributed by atoms with Gasteiger partial charge in [0.1, 0.15) is 0 Å². The second-order valence-electron chi connectivity index (χ2n) is 3.79. The molecule has 0 aromatic carbocycles. The standard InChI is InChI=1S/C12H15ClN2OS/c1-2-8-3-4-9(17-8)7-11(15-14)10-5-6-16-12(10)13/h3-6,11,15H,2,7,14H2,1H3. The van der Waals surface area contributed by atoms with Crippen LogP contribution in [0.4, 0.5) is 0 Å². The second-order valence-corrected chi connectivity index (χ2v) is 5.39. The van der Waals surface area contributed by atoms with Crippen molar-refractivity contribution in [2.75, 3.05) is 0 Å². The molecule has 1 atom stereocenters. The average molecular weight is 271 g/mol. The molecule has 0 amide bonds. The number of nitrogens with one attached hydrogen (secondary N) is 1. The smallest absolute Gasteiger partial charge is 0.197 e. The van der Waals surface area contributed by atoms with E-state index in [4.69, 9.17) is 21.9 Å². The van der Waals surface area contributed by atoms with E-state index in [9.17, 15) is 0 Å². The van der Waals surface area contributed by atoms with E-state index in [0.29, 0.717) is 5.22 Å². The summed E-state index contributed by atoms with van der Waals surface area (Å²) in [6.45, 7) is 2.15. The largest absolute Gasteiger partial charge is 0.453 e. The van der Waals surface area contributed by atoms with Crippen LogP contribution < -0.4 is 11.3 Å². The molecular weight excluding hydrogens is 256 g/mol. The van der Waals surface area contributed by atoms with Gasteiger partial charge in [0.25, 0.3) is 0 Å². The molecule has 17 heavy (non-hydrogen) atoms. The summed E-state index contributed by atoms with van der Waals surface area (Å²) in [4.78, 5) is 2.68. The van der Waals surface area contributed by atoms with Crippen LogP contribution in [-0.4, -0.2) is 0 Å². The minimum Gasteiger partial charge on any atom is -0.453 e. The number of hydrazine groups is 1. The van der Waals surface area contributed by atoms with Crippen LogP contribution >= 0.6 is 22.9 Å². The third-order valence-electron chi connectivity index (χ3n) is 2.69. The Labute approximate surface area is 110 Å². The summed E-state index contributed by atoms with van der Waals surface area (Å²) in [6, 6.07) is 6.14. The van der Waals surface area contributed by atoms with E-state index in [0.717, 1.165) is 18.4 Å². The third kappa shape index (κ3) is 2.90. The van der Waals surface area contributed by atoms with Crippen molar-refractivity contribution in [3.8, 4) is 0 Å². The Morgan fingerprint density at radius 1 is 1.41 bits per heavy atom. The maximum absolute atomic E-state index is 5.95. The molecule has 2 aromatic heterocycles. The second kappa shape index (κ2) is 5.69. The highest BCUT2D eigenvalue weighted by molar-refractivity contribution is 7.11. The van der Waals surface area contributed by atoms with Crippen LogP contribution in [0.15, 0.2) is 28.9 Å². The first-order valence-electron chi connectivity index (χ1n) is 5.51. The van der Waals surface area contributed by atoms with Gasteiger partial charge in [-0.2, -0.15) is 0 Å². The molecule has 0 radical (unpaired) electrons. The van der Waals surface area contributed by atoms with E-state index in [1.54, 1.807) is 6.26 Å². The lowest BCUT2D eigenvalue weighted by molar-refractivity contribution is 0.529. The lowest BCUT2D eigenvalue weighted by atomic mass is 10.1. The molecule has 92 valence electrons. The predicted molar refractivity (Wildman–Crippen MR) is 71.2 cm³/mol. The lowest BCUT2D eigenvalue weighted by Crippen LogP contribution is -2.29. The number of furan rings is 1. The van der Waals surface area contributed by atoms with Crippen LogP contribution in [0.1, 0.15) is 28.3 Å². The number of thiophene rings is 1. The monoisotopic (exact) mass is 270 g/mol. The van der Waals surface area contributed by atoms with Crippen LogP contribution in [0, 0.1) is 0 Å². The van der Waals surface area contributed by atoms with Crippen molar-refractivity contribution in [1.29, 1.82) is 0 Å². The van der Waals surface area contributed by atoms with Crippen LogP contribution in [0.5, 0.6) is 0 Å². The van der Waals surface area contributed by atoms with E-state index < -0.39 is 0 Å². The highest BCUT2D eigenvalue weighted by Gasteiger charge is 2.17. The van der Waals surface area contributed by atoms with Gasteiger partial charge in [0.2, 0.25) is 0 Å². The van der Waals surface area contributed by atoms with Gasteiger partial charge in [-0.25, -0.2) is 0 Å². The molecule has 0 bridgehead atoms. The first-order valence-corrected chi connectivity index (χ1v) is 6.70. The van der Waals surface area contributed by atoms with Gasteiger partial charge in [0, 0.05) is 21.7 Å². The summed E-state index contributed by atoms with van der Waals surface area (Å²) >= 11 is 7.76. The van der Waals surface area contributed by atoms with Crippen LogP contribution in [0.2, 0.25) is 5.22 Å². The Morgan fingerprint density at radius 3 is 2.71 bits per heavy atom. The maximum atomic E-state index is 5.95. The summed E-state index contributed by atoms with van der Waals surface area (Å²) in [6.07, 6.45) is 3.46. The molecule has 1 unspecified atom stereocenters. The Morgan fingerprint density at radius 2 is 2.18 bits per heavy atom. The molecule has 0 aliphatic rings. The van der Waals surface area contributed by atoms with Crippen molar-refractivity contribution in [3.63, 3.8) is 0 Å². The number of halogens is 1. The van der Waals surface area contributed by atoms with Crippen molar-refractivity contribution in [2.24, 2.45) is 5.84 Å². The van der Waals surface area contributed by atoms with Gasteiger partial charge in [-0.15, -0.1) is 11.3 Å². The molecule has 3 nitrogen and oxygen atoms in total. The Hall–Kier alpha value is -0.810. The molecule has 2 heterocycles. The summed E-state index contributed by atoms with van der Waals surface area (Å²) in [5.74, 6) is 5.57. The number of nitrogens with two attached hydrogens (primary N) is 1. The van der Waals surface area contributed by atoms with E-state index in [1.807, 2.05) is 17.4 Å². The summed E-state index contributed by atoms with van der Waals surface area (Å²) in [5, 5.41) is 0.403. The highest BCUT2D eigenvalue weighted by atomic mass is 35.5. The van der Waals surface area contributed by atoms with Gasteiger partial charge >= 0.3 is 0 Å². The number of rotatable bonds is 5. The molecule has 3 N–H and O–H groups in total. The highest BCUT2D eigenvalue weighted by Crippen LogP contribution is 2.28. The predicted octanol–water partition coefficient (Wildman–Crippen LogP) is 3.30. The van der Waals surface area contributed by atoms with Gasteiger partial charge in [0.15, 0.2) is 5.22 Å². The molecule has 0 aliphatic carbocycles. The first-order chi connectivity index (χ1) is 8.24. The fourth-order valence-electron chi connectivity index (χ4n) is 1.74. The van der Waals surface area contributed by atoms with Crippen LogP contribution in [0.25, 0.3) is 0 Å². The molecular formula is C12H15ClN2OS. The minimum atomic E-state index is -0.00962. The molecule has 5 heteroatoms. The van der Waals surface area contributed by atoms with E-state index in [1.165, 1.54) is 9.75 Å². The lowest BCUT2D eigenvalue weighted by Gasteiger charge is -2.13. The summed E-state index contributed by atoms with van der Waals surface area (Å²) < 4.78 is 5.08. The maximum Gasteiger partial charge on any atom is 0.197 e. The Bertz CT molecular complexity index is 480. The summed E-state index contributed by atoms with van der Waals surface area (Å²) in [7, 11) is 0. The molecule has 0 saturated carbocycles.